The molecule has 1 unspecified atom stereocenters. The van der Waals surface area contributed by atoms with Gasteiger partial charge in [-0.1, -0.05) is 134 Å². The van der Waals surface area contributed by atoms with Crippen molar-refractivity contribution in [1.82, 2.24) is 0 Å². The van der Waals surface area contributed by atoms with Crippen LogP contribution in [0.5, 0.6) is 0 Å². The van der Waals surface area contributed by atoms with Crippen molar-refractivity contribution in [2.24, 2.45) is 0 Å². The summed E-state index contributed by atoms with van der Waals surface area (Å²) in [4.78, 5) is 0. The average molecular weight is 797 g/mol. The van der Waals surface area contributed by atoms with Crippen LogP contribution in [0.3, 0.4) is 0 Å². The molecule has 0 saturated carbocycles. The minimum Gasteiger partial charge on any atom is -1.00 e. The predicted octanol–water partition coefficient (Wildman–Crippen LogP) is 7.60. The van der Waals surface area contributed by atoms with E-state index in [1.807, 2.05) is 0 Å². The van der Waals surface area contributed by atoms with Crippen LogP contribution < -0.4 is 24.8 Å². The molecule has 0 heterocycles. The van der Waals surface area contributed by atoms with Crippen LogP contribution in [0, 0.1) is 13.8 Å². The molecule has 0 bridgehead atoms. The third kappa shape index (κ3) is 8.42. The van der Waals surface area contributed by atoms with E-state index in [0.29, 0.717) is 5.92 Å². The van der Waals surface area contributed by atoms with Gasteiger partial charge in [0.05, 0.1) is 0 Å². The standard InChI is InChI=1S/C24H19.C21H17.C2H6Si.2ClH.Zr/c1-2-8-17(7-1)20-15-19-11-6-14-23(24(19)16-20)22-13-5-10-18-9-3-4-12-21(18)22;1-14-12-20-15(2)10-11-19(21(20)13-14)18-9-5-7-16-6-3-4-8-17(16)18;1-3-2;;;/h1,3-7,9-17H,2,8H2;3-13H,1-2H3;1-2H3;2*1H;/q2*-1;;;;+2/p-2. The summed E-state index contributed by atoms with van der Waals surface area (Å²) in [6.07, 6.45) is 7.14. The van der Waals surface area contributed by atoms with Crippen molar-refractivity contribution in [2.45, 2.75) is 45.7 Å². The first kappa shape index (κ1) is 38.7. The van der Waals surface area contributed by atoms with Crippen molar-refractivity contribution in [3.63, 3.8) is 0 Å². The first-order chi connectivity index (χ1) is 23.9. The van der Waals surface area contributed by atoms with Crippen molar-refractivity contribution < 1.29 is 48.1 Å². The molecule has 0 saturated heterocycles. The summed E-state index contributed by atoms with van der Waals surface area (Å²) in [6, 6.07) is 51.0. The van der Waals surface area contributed by atoms with Gasteiger partial charge in [-0.3, -0.25) is 0 Å². The van der Waals surface area contributed by atoms with E-state index in [4.69, 9.17) is 0 Å². The summed E-state index contributed by atoms with van der Waals surface area (Å²) < 4.78 is 0. The summed E-state index contributed by atoms with van der Waals surface area (Å²) in [5.41, 5.74) is 9.69. The van der Waals surface area contributed by atoms with E-state index in [0.717, 1.165) is 0 Å². The first-order valence-corrected chi connectivity index (χ1v) is 23.6. The molecule has 1 aliphatic carbocycles. The van der Waals surface area contributed by atoms with E-state index < -0.39 is 0 Å². The van der Waals surface area contributed by atoms with Gasteiger partial charge in [0.1, 0.15) is 0 Å². The molecule has 0 amide bonds. The Balaban J connectivity index is 0.000000174. The molecule has 0 fully saturated rings. The second kappa shape index (κ2) is 17.3. The van der Waals surface area contributed by atoms with Crippen LogP contribution in [0.25, 0.3) is 65.3 Å². The Morgan fingerprint density at radius 1 is 0.588 bits per heavy atom. The number of allylic oxidation sites excluding steroid dienone is 2. The van der Waals surface area contributed by atoms with Crippen LogP contribution in [0.2, 0.25) is 13.1 Å². The van der Waals surface area contributed by atoms with Crippen LogP contribution in [0.15, 0.2) is 152 Å². The monoisotopic (exact) mass is 794 g/mol. The number of benzene rings is 6. The number of hydrogen-bond donors (Lipinski definition) is 0. The molecule has 51 heavy (non-hydrogen) atoms. The number of aryl methyl sites for hydroxylation is 2. The van der Waals surface area contributed by atoms with E-state index in [2.05, 4.69) is 179 Å². The summed E-state index contributed by atoms with van der Waals surface area (Å²) in [6.45, 7) is 8.98. The smallest absolute Gasteiger partial charge is 0.0114 e. The van der Waals surface area contributed by atoms with Gasteiger partial charge in [0.15, 0.2) is 0 Å². The van der Waals surface area contributed by atoms with E-state index in [-0.39, 0.29) is 30.2 Å². The second-order valence-corrected chi connectivity index (χ2v) is 22.9. The van der Waals surface area contributed by atoms with Gasteiger partial charge in [0, 0.05) is 0 Å². The second-order valence-electron chi connectivity index (χ2n) is 13.6. The zero-order valence-electron chi connectivity index (χ0n) is 29.7. The van der Waals surface area contributed by atoms with Crippen molar-refractivity contribution in [1.29, 1.82) is 0 Å². The average Bonchev–Trinajstić information content (AvgIpc) is 3.88. The van der Waals surface area contributed by atoms with Crippen LogP contribution in [-0.2, 0) is 23.3 Å². The predicted molar refractivity (Wildman–Crippen MR) is 213 cm³/mol. The Morgan fingerprint density at radius 3 is 1.71 bits per heavy atom. The Bertz CT molecular complexity index is 2470. The zero-order valence-corrected chi connectivity index (χ0v) is 34.7. The summed E-state index contributed by atoms with van der Waals surface area (Å²) in [5, 5.41) is 10.7. The van der Waals surface area contributed by atoms with Crippen molar-refractivity contribution >= 4 is 48.5 Å². The van der Waals surface area contributed by atoms with Crippen LogP contribution in [0.4, 0.5) is 0 Å². The molecular weight excluding hydrogens is 755 g/mol. The minimum absolute atomic E-state index is 0. The molecule has 0 radical (unpaired) electrons. The van der Waals surface area contributed by atoms with Gasteiger partial charge in [-0.2, -0.15) is 12.1 Å². The molecular formula is C47H42Cl2SiZr-2. The number of hydrogen-bond acceptors (Lipinski definition) is 0. The van der Waals surface area contributed by atoms with Gasteiger partial charge in [-0.15, -0.1) is 68.6 Å². The molecule has 0 aromatic heterocycles. The van der Waals surface area contributed by atoms with Gasteiger partial charge in [-0.05, 0) is 51.4 Å². The Labute approximate surface area is 330 Å². The Hall–Kier alpha value is -3.52. The van der Waals surface area contributed by atoms with Gasteiger partial charge >= 0.3 is 41.9 Å². The Morgan fingerprint density at radius 2 is 1.12 bits per heavy atom. The van der Waals surface area contributed by atoms with Crippen molar-refractivity contribution in [2.75, 3.05) is 0 Å². The topological polar surface area (TPSA) is 0 Å². The van der Waals surface area contributed by atoms with Crippen LogP contribution in [0.1, 0.15) is 35.4 Å². The fourth-order valence-corrected chi connectivity index (χ4v) is 7.36. The molecule has 0 nitrogen and oxygen atoms in total. The van der Waals surface area contributed by atoms with E-state index in [9.17, 15) is 0 Å². The molecule has 0 aliphatic heterocycles. The fraction of sp³-hybridized carbons (Fsp3) is 0.149. The van der Waals surface area contributed by atoms with Gasteiger partial charge in [-0.25, -0.2) is 0 Å². The summed E-state index contributed by atoms with van der Waals surface area (Å²) in [5.74, 6) is 0.595. The quantitative estimate of drug-likeness (QED) is 0.0983. The molecule has 9 rings (SSSR count). The summed E-state index contributed by atoms with van der Waals surface area (Å²) >= 11 is 1.74. The zero-order chi connectivity index (χ0) is 33.9. The van der Waals surface area contributed by atoms with Crippen LogP contribution in [-0.4, -0.2) is 5.43 Å². The van der Waals surface area contributed by atoms with E-state index in [1.165, 1.54) is 94.9 Å². The largest absolute Gasteiger partial charge is 1.00 e. The van der Waals surface area contributed by atoms with Gasteiger partial charge in [0.2, 0.25) is 0 Å². The first-order valence-electron chi connectivity index (χ1n) is 17.4. The minimum atomic E-state index is 0. The number of halogens is 2. The van der Waals surface area contributed by atoms with Gasteiger partial charge in [0.25, 0.3) is 0 Å². The van der Waals surface area contributed by atoms with E-state index in [1.54, 1.807) is 23.3 Å². The summed E-state index contributed by atoms with van der Waals surface area (Å²) in [7, 11) is 0. The molecule has 1 aliphatic rings. The molecule has 0 spiro atoms. The Kier molecular flexibility index (Phi) is 13.2. The van der Waals surface area contributed by atoms with Crippen LogP contribution >= 0.6 is 0 Å². The molecule has 8 aromatic carbocycles. The van der Waals surface area contributed by atoms with E-state index >= 15 is 0 Å². The number of fused-ring (bicyclic) bond motifs is 4. The maximum absolute atomic E-state index is 2.41. The van der Waals surface area contributed by atoms with Gasteiger partial charge < -0.3 is 24.8 Å². The molecule has 1 atom stereocenters. The number of rotatable bonds is 3. The SMILES string of the molecule is C1=CC(c2cc3c(-c4cccc5ccccc45)cccc3[cH-]2)CC1.C[Si](C)=[Zr+2].Cc1cc2c(-c3cccc4ccccc34)ccc(C)c2[cH-]1.[Cl-].[Cl-]. The third-order valence-corrected chi connectivity index (χ3v) is 9.62. The maximum Gasteiger partial charge on any atom is -0.0114 e. The fourth-order valence-electron chi connectivity index (χ4n) is 7.36. The third-order valence-electron chi connectivity index (χ3n) is 9.62. The molecule has 4 heteroatoms. The molecule has 8 aromatic rings. The molecule has 0 N–H and O–H groups in total. The molecule has 254 valence electrons. The van der Waals surface area contributed by atoms with Crippen molar-refractivity contribution in [3.8, 4) is 22.3 Å². The normalized spacial score (nSPS) is 13.3. The maximum atomic E-state index is 2.41. The van der Waals surface area contributed by atoms with Crippen molar-refractivity contribution in [3.05, 3.63) is 168 Å².